The Morgan fingerprint density at radius 1 is 1.17 bits per heavy atom. The van der Waals surface area contributed by atoms with Crippen molar-refractivity contribution in [1.29, 1.82) is 0 Å². The minimum Gasteiger partial charge on any atom is -0.377 e. The first kappa shape index (κ1) is 17.1. The highest BCUT2D eigenvalue weighted by atomic mass is 32.2. The maximum absolute atomic E-state index is 12.5. The van der Waals surface area contributed by atoms with Gasteiger partial charge in [-0.15, -0.1) is 0 Å². The summed E-state index contributed by atoms with van der Waals surface area (Å²) in [4.78, 5) is 4.14. The molecule has 0 amide bonds. The molecule has 3 rings (SSSR count). The van der Waals surface area contributed by atoms with Crippen LogP contribution in [0.1, 0.15) is 18.4 Å². The van der Waals surface area contributed by atoms with Crippen molar-refractivity contribution in [3.8, 4) is 0 Å². The standard InChI is InChI=1S/C18H22N2O3S/c21-24(22,18-9-4-11-19-14-18)20-12-10-17(15-20)23-13-5-8-16-6-2-1-3-7-16/h1-4,6-7,9,11,14,17H,5,8,10,12-13,15H2/t17-/m1/s1. The topological polar surface area (TPSA) is 59.5 Å². The smallest absolute Gasteiger partial charge is 0.244 e. The van der Waals surface area contributed by atoms with Crippen LogP contribution in [-0.4, -0.2) is 43.5 Å². The van der Waals surface area contributed by atoms with Crippen molar-refractivity contribution in [3.63, 3.8) is 0 Å². The van der Waals surface area contributed by atoms with E-state index in [0.717, 1.165) is 19.3 Å². The summed E-state index contributed by atoms with van der Waals surface area (Å²) in [7, 11) is -3.45. The van der Waals surface area contributed by atoms with E-state index in [4.69, 9.17) is 4.74 Å². The minimum atomic E-state index is -3.45. The Hall–Kier alpha value is -1.76. The van der Waals surface area contributed by atoms with E-state index in [2.05, 4.69) is 17.1 Å². The number of pyridine rings is 1. The summed E-state index contributed by atoms with van der Waals surface area (Å²) in [5, 5.41) is 0. The SMILES string of the molecule is O=S(=O)(c1cccnc1)N1CC[C@@H](OCCCc2ccccc2)C1. The van der Waals surface area contributed by atoms with E-state index in [-0.39, 0.29) is 11.0 Å². The first-order valence-corrected chi connectivity index (χ1v) is 9.66. The molecule has 0 unspecified atom stereocenters. The van der Waals surface area contributed by atoms with Crippen molar-refractivity contribution in [1.82, 2.24) is 9.29 Å². The number of hydrogen-bond acceptors (Lipinski definition) is 4. The average molecular weight is 346 g/mol. The number of nitrogens with zero attached hydrogens (tertiary/aromatic N) is 2. The lowest BCUT2D eigenvalue weighted by Gasteiger charge is -2.16. The van der Waals surface area contributed by atoms with Crippen LogP contribution in [0.5, 0.6) is 0 Å². The number of ether oxygens (including phenoxy) is 1. The second-order valence-corrected chi connectivity index (χ2v) is 7.86. The third-order valence-electron chi connectivity index (χ3n) is 4.19. The van der Waals surface area contributed by atoms with Crippen LogP contribution in [0.15, 0.2) is 59.8 Å². The normalized spacial score (nSPS) is 18.8. The van der Waals surface area contributed by atoms with Gasteiger partial charge >= 0.3 is 0 Å². The fourth-order valence-electron chi connectivity index (χ4n) is 2.87. The predicted octanol–water partition coefficient (Wildman–Crippen LogP) is 2.49. The van der Waals surface area contributed by atoms with E-state index < -0.39 is 10.0 Å². The molecule has 0 aliphatic carbocycles. The van der Waals surface area contributed by atoms with Gasteiger partial charge in [0.25, 0.3) is 0 Å². The highest BCUT2D eigenvalue weighted by Gasteiger charge is 2.32. The molecule has 128 valence electrons. The van der Waals surface area contributed by atoms with Crippen LogP contribution in [0.2, 0.25) is 0 Å². The molecule has 5 nitrogen and oxygen atoms in total. The van der Waals surface area contributed by atoms with Crippen LogP contribution in [0.4, 0.5) is 0 Å². The molecular formula is C18H22N2O3S. The van der Waals surface area contributed by atoms with Crippen LogP contribution in [-0.2, 0) is 21.2 Å². The fraction of sp³-hybridized carbons (Fsp3) is 0.389. The van der Waals surface area contributed by atoms with Gasteiger partial charge in [-0.3, -0.25) is 4.98 Å². The van der Waals surface area contributed by atoms with Gasteiger partial charge in [-0.1, -0.05) is 30.3 Å². The van der Waals surface area contributed by atoms with Gasteiger partial charge in [0, 0.05) is 32.1 Å². The van der Waals surface area contributed by atoms with Crippen molar-refractivity contribution in [2.45, 2.75) is 30.3 Å². The molecule has 2 heterocycles. The molecule has 0 radical (unpaired) electrons. The van der Waals surface area contributed by atoms with Crippen molar-refractivity contribution in [2.24, 2.45) is 0 Å². The molecule has 0 spiro atoms. The third-order valence-corrected chi connectivity index (χ3v) is 6.03. The van der Waals surface area contributed by atoms with E-state index in [1.807, 2.05) is 18.2 Å². The highest BCUT2D eigenvalue weighted by molar-refractivity contribution is 7.89. The Morgan fingerprint density at radius 2 is 2.00 bits per heavy atom. The van der Waals surface area contributed by atoms with Crippen LogP contribution >= 0.6 is 0 Å². The Morgan fingerprint density at radius 3 is 2.75 bits per heavy atom. The van der Waals surface area contributed by atoms with Crippen LogP contribution in [0, 0.1) is 0 Å². The Labute approximate surface area is 143 Å². The number of aryl methyl sites for hydroxylation is 1. The quantitative estimate of drug-likeness (QED) is 0.723. The van der Waals surface area contributed by atoms with Crippen molar-refractivity contribution < 1.29 is 13.2 Å². The molecule has 1 atom stereocenters. The molecular weight excluding hydrogens is 324 g/mol. The summed E-state index contributed by atoms with van der Waals surface area (Å²) in [6.45, 7) is 1.57. The number of sulfonamides is 1. The van der Waals surface area contributed by atoms with E-state index in [1.54, 1.807) is 18.3 Å². The monoisotopic (exact) mass is 346 g/mol. The minimum absolute atomic E-state index is 0.0211. The molecule has 0 N–H and O–H groups in total. The van der Waals surface area contributed by atoms with Crippen LogP contribution in [0.25, 0.3) is 0 Å². The average Bonchev–Trinajstić information content (AvgIpc) is 3.10. The lowest BCUT2D eigenvalue weighted by Crippen LogP contribution is -2.30. The summed E-state index contributed by atoms with van der Waals surface area (Å²) in [6.07, 6.45) is 5.60. The second kappa shape index (κ2) is 7.88. The van der Waals surface area contributed by atoms with Crippen LogP contribution < -0.4 is 0 Å². The molecule has 0 saturated carbocycles. The number of benzene rings is 1. The molecule has 24 heavy (non-hydrogen) atoms. The predicted molar refractivity (Wildman–Crippen MR) is 92.1 cm³/mol. The van der Waals surface area contributed by atoms with Crippen molar-refractivity contribution >= 4 is 10.0 Å². The zero-order valence-electron chi connectivity index (χ0n) is 13.5. The number of hydrogen-bond donors (Lipinski definition) is 0. The fourth-order valence-corrected chi connectivity index (χ4v) is 4.32. The summed E-state index contributed by atoms with van der Waals surface area (Å²) in [5.41, 5.74) is 1.30. The van der Waals surface area contributed by atoms with Gasteiger partial charge in [0.15, 0.2) is 0 Å². The zero-order chi connectivity index (χ0) is 16.8. The summed E-state index contributed by atoms with van der Waals surface area (Å²) < 4.78 is 32.4. The summed E-state index contributed by atoms with van der Waals surface area (Å²) in [5.74, 6) is 0. The van der Waals surface area contributed by atoms with Gasteiger partial charge in [0.05, 0.1) is 6.10 Å². The van der Waals surface area contributed by atoms with Gasteiger partial charge in [0.2, 0.25) is 10.0 Å². The van der Waals surface area contributed by atoms with E-state index >= 15 is 0 Å². The maximum atomic E-state index is 12.5. The number of aromatic nitrogens is 1. The van der Waals surface area contributed by atoms with Gasteiger partial charge in [-0.2, -0.15) is 4.31 Å². The lowest BCUT2D eigenvalue weighted by atomic mass is 10.1. The third kappa shape index (κ3) is 4.20. The molecule has 6 heteroatoms. The lowest BCUT2D eigenvalue weighted by molar-refractivity contribution is 0.0621. The van der Waals surface area contributed by atoms with Crippen molar-refractivity contribution in [2.75, 3.05) is 19.7 Å². The first-order valence-electron chi connectivity index (χ1n) is 8.22. The molecule has 1 aromatic heterocycles. The van der Waals surface area contributed by atoms with Gasteiger partial charge < -0.3 is 4.74 Å². The summed E-state index contributed by atoms with van der Waals surface area (Å²) in [6, 6.07) is 13.5. The van der Waals surface area contributed by atoms with Gasteiger partial charge in [0.1, 0.15) is 4.90 Å². The molecule has 1 aliphatic heterocycles. The van der Waals surface area contributed by atoms with E-state index in [9.17, 15) is 8.42 Å². The molecule has 1 fully saturated rings. The van der Waals surface area contributed by atoms with Gasteiger partial charge in [-0.25, -0.2) is 8.42 Å². The molecule has 1 saturated heterocycles. The van der Waals surface area contributed by atoms with Crippen molar-refractivity contribution in [3.05, 3.63) is 60.4 Å². The van der Waals surface area contributed by atoms with E-state index in [0.29, 0.717) is 19.7 Å². The van der Waals surface area contributed by atoms with Gasteiger partial charge in [-0.05, 0) is 37.0 Å². The molecule has 2 aromatic rings. The second-order valence-electron chi connectivity index (χ2n) is 5.92. The van der Waals surface area contributed by atoms with E-state index in [1.165, 1.54) is 16.1 Å². The molecule has 1 aliphatic rings. The largest absolute Gasteiger partial charge is 0.377 e. The van der Waals surface area contributed by atoms with Crippen LogP contribution in [0.3, 0.4) is 0 Å². The summed E-state index contributed by atoms with van der Waals surface area (Å²) >= 11 is 0. The first-order chi connectivity index (χ1) is 11.7. The number of rotatable bonds is 7. The highest BCUT2D eigenvalue weighted by Crippen LogP contribution is 2.22. The zero-order valence-corrected chi connectivity index (χ0v) is 14.4. The maximum Gasteiger partial charge on any atom is 0.244 e. The Bertz CT molecular complexity index is 735. The Kier molecular flexibility index (Phi) is 5.60. The molecule has 0 bridgehead atoms. The Balaban J connectivity index is 1.46. The molecule has 1 aromatic carbocycles.